The predicted octanol–water partition coefficient (Wildman–Crippen LogP) is 1.66. The summed E-state index contributed by atoms with van der Waals surface area (Å²) in [4.78, 5) is 10.7. The molecular formula is C11H17ClN4. The molecule has 2 heterocycles. The second-order valence-corrected chi connectivity index (χ2v) is 4.65. The maximum Gasteiger partial charge on any atom is 0.224 e. The van der Waals surface area contributed by atoms with E-state index in [0.717, 1.165) is 32.0 Å². The van der Waals surface area contributed by atoms with Crippen LogP contribution in [0.3, 0.4) is 0 Å². The molecule has 16 heavy (non-hydrogen) atoms. The van der Waals surface area contributed by atoms with Crippen LogP contribution in [0, 0.1) is 0 Å². The summed E-state index contributed by atoms with van der Waals surface area (Å²) in [5.74, 6) is 1.42. The third-order valence-corrected chi connectivity index (χ3v) is 2.99. The van der Waals surface area contributed by atoms with Crippen LogP contribution in [0.1, 0.15) is 25.3 Å². The second kappa shape index (κ2) is 4.97. The normalized spacial score (nSPS) is 16.9. The van der Waals surface area contributed by atoms with Crippen LogP contribution >= 0.6 is 11.6 Å². The van der Waals surface area contributed by atoms with Gasteiger partial charge >= 0.3 is 0 Å². The number of rotatable bonds is 2. The van der Waals surface area contributed by atoms with Gasteiger partial charge in [-0.2, -0.15) is 0 Å². The van der Waals surface area contributed by atoms with Crippen LogP contribution in [-0.4, -0.2) is 36.1 Å². The minimum atomic E-state index is 0.331. The van der Waals surface area contributed by atoms with Crippen LogP contribution in [0.25, 0.3) is 0 Å². The molecular weight excluding hydrogens is 224 g/mol. The van der Waals surface area contributed by atoms with E-state index in [4.69, 9.17) is 11.6 Å². The predicted molar refractivity (Wildman–Crippen MR) is 66.2 cm³/mol. The summed E-state index contributed by atoms with van der Waals surface area (Å²) < 4.78 is 0. The Kier molecular flexibility index (Phi) is 3.61. The van der Waals surface area contributed by atoms with Crippen molar-refractivity contribution in [1.82, 2.24) is 15.3 Å². The van der Waals surface area contributed by atoms with E-state index in [0.29, 0.717) is 11.2 Å². The molecule has 0 amide bonds. The number of halogens is 1. The van der Waals surface area contributed by atoms with E-state index < -0.39 is 0 Å². The fraction of sp³-hybridized carbons (Fsp3) is 0.636. The molecule has 88 valence electrons. The van der Waals surface area contributed by atoms with Crippen LogP contribution in [0.2, 0.25) is 5.28 Å². The molecule has 0 spiro atoms. The molecule has 0 aliphatic carbocycles. The van der Waals surface area contributed by atoms with E-state index >= 15 is 0 Å². The number of anilines is 1. The Labute approximate surface area is 101 Å². The van der Waals surface area contributed by atoms with Gasteiger partial charge in [0, 0.05) is 37.9 Å². The largest absolute Gasteiger partial charge is 0.354 e. The average molecular weight is 241 g/mol. The van der Waals surface area contributed by atoms with Gasteiger partial charge in [0.15, 0.2) is 0 Å². The Hall–Kier alpha value is -0.870. The van der Waals surface area contributed by atoms with Gasteiger partial charge in [0.25, 0.3) is 0 Å². The van der Waals surface area contributed by atoms with Gasteiger partial charge in [-0.25, -0.2) is 9.97 Å². The number of nitrogens with one attached hydrogen (secondary N) is 1. The van der Waals surface area contributed by atoms with Crippen LogP contribution in [0.4, 0.5) is 5.82 Å². The molecule has 1 fully saturated rings. The molecule has 2 rings (SSSR count). The molecule has 0 radical (unpaired) electrons. The molecule has 1 aromatic heterocycles. The lowest BCUT2D eigenvalue weighted by Crippen LogP contribution is -2.44. The van der Waals surface area contributed by atoms with Crippen molar-refractivity contribution in [1.29, 1.82) is 0 Å². The zero-order chi connectivity index (χ0) is 11.5. The number of hydrogen-bond acceptors (Lipinski definition) is 4. The Morgan fingerprint density at radius 3 is 2.69 bits per heavy atom. The molecule has 1 N–H and O–H groups in total. The SMILES string of the molecule is CC(C)c1cnc(Cl)nc1N1CCNCC1. The number of piperazine rings is 1. The van der Waals surface area contributed by atoms with E-state index in [1.807, 2.05) is 6.20 Å². The highest BCUT2D eigenvalue weighted by Gasteiger charge is 2.18. The Morgan fingerprint density at radius 1 is 1.38 bits per heavy atom. The van der Waals surface area contributed by atoms with Gasteiger partial charge in [-0.05, 0) is 17.5 Å². The lowest BCUT2D eigenvalue weighted by molar-refractivity contribution is 0.581. The van der Waals surface area contributed by atoms with Gasteiger partial charge in [0.1, 0.15) is 5.82 Å². The molecule has 1 aliphatic rings. The van der Waals surface area contributed by atoms with Crippen LogP contribution < -0.4 is 10.2 Å². The molecule has 0 saturated carbocycles. The highest BCUT2D eigenvalue weighted by molar-refractivity contribution is 6.28. The fourth-order valence-electron chi connectivity index (χ4n) is 1.90. The van der Waals surface area contributed by atoms with Crippen molar-refractivity contribution in [3.05, 3.63) is 17.0 Å². The first-order chi connectivity index (χ1) is 7.68. The standard InChI is InChI=1S/C11H17ClN4/c1-8(2)9-7-14-11(12)15-10(9)16-5-3-13-4-6-16/h7-8,13H,3-6H2,1-2H3. The van der Waals surface area contributed by atoms with Crippen molar-refractivity contribution in [3.63, 3.8) is 0 Å². The molecule has 0 atom stereocenters. The number of hydrogen-bond donors (Lipinski definition) is 1. The lowest BCUT2D eigenvalue weighted by atomic mass is 10.1. The summed E-state index contributed by atoms with van der Waals surface area (Å²) in [7, 11) is 0. The molecule has 0 bridgehead atoms. The Morgan fingerprint density at radius 2 is 2.06 bits per heavy atom. The summed E-state index contributed by atoms with van der Waals surface area (Å²) >= 11 is 5.88. The highest BCUT2D eigenvalue weighted by Crippen LogP contribution is 2.26. The summed E-state index contributed by atoms with van der Waals surface area (Å²) in [5, 5.41) is 3.66. The third kappa shape index (κ3) is 2.44. The van der Waals surface area contributed by atoms with Gasteiger partial charge in [0.05, 0.1) is 0 Å². The van der Waals surface area contributed by atoms with Crippen molar-refractivity contribution >= 4 is 17.4 Å². The van der Waals surface area contributed by atoms with Crippen molar-refractivity contribution in [2.45, 2.75) is 19.8 Å². The van der Waals surface area contributed by atoms with E-state index in [-0.39, 0.29) is 0 Å². The summed E-state index contributed by atoms with van der Waals surface area (Å²) in [6, 6.07) is 0. The zero-order valence-corrected chi connectivity index (χ0v) is 10.5. The highest BCUT2D eigenvalue weighted by atomic mass is 35.5. The smallest absolute Gasteiger partial charge is 0.224 e. The summed E-state index contributed by atoms with van der Waals surface area (Å²) in [5.41, 5.74) is 1.17. The molecule has 4 nitrogen and oxygen atoms in total. The van der Waals surface area contributed by atoms with Crippen LogP contribution in [0.5, 0.6) is 0 Å². The van der Waals surface area contributed by atoms with Crippen LogP contribution in [-0.2, 0) is 0 Å². The quantitative estimate of drug-likeness (QED) is 0.799. The topological polar surface area (TPSA) is 41.1 Å². The minimum Gasteiger partial charge on any atom is -0.354 e. The first-order valence-electron chi connectivity index (χ1n) is 5.66. The summed E-state index contributed by atoms with van der Waals surface area (Å²) in [6.07, 6.45) is 1.84. The molecule has 1 saturated heterocycles. The zero-order valence-electron chi connectivity index (χ0n) is 9.70. The first-order valence-corrected chi connectivity index (χ1v) is 6.04. The maximum absolute atomic E-state index is 5.88. The number of aromatic nitrogens is 2. The number of nitrogens with zero attached hydrogens (tertiary/aromatic N) is 3. The molecule has 0 unspecified atom stereocenters. The van der Waals surface area contributed by atoms with Gasteiger partial charge in [-0.15, -0.1) is 0 Å². The molecule has 5 heteroatoms. The van der Waals surface area contributed by atoms with Gasteiger partial charge in [0.2, 0.25) is 5.28 Å². The molecule has 1 aliphatic heterocycles. The average Bonchev–Trinajstić information content (AvgIpc) is 2.29. The second-order valence-electron chi connectivity index (χ2n) is 4.31. The van der Waals surface area contributed by atoms with E-state index in [2.05, 4.69) is 34.0 Å². The Balaban J connectivity index is 2.32. The Bertz CT molecular complexity index is 361. The van der Waals surface area contributed by atoms with E-state index in [9.17, 15) is 0 Å². The first kappa shape index (κ1) is 11.6. The van der Waals surface area contributed by atoms with E-state index in [1.54, 1.807) is 0 Å². The van der Waals surface area contributed by atoms with Gasteiger partial charge < -0.3 is 10.2 Å². The van der Waals surface area contributed by atoms with Crippen molar-refractivity contribution in [2.24, 2.45) is 0 Å². The molecule has 0 aromatic carbocycles. The van der Waals surface area contributed by atoms with Crippen molar-refractivity contribution < 1.29 is 0 Å². The van der Waals surface area contributed by atoms with Crippen LogP contribution in [0.15, 0.2) is 6.20 Å². The minimum absolute atomic E-state index is 0.331. The van der Waals surface area contributed by atoms with Gasteiger partial charge in [-0.3, -0.25) is 0 Å². The van der Waals surface area contributed by atoms with Crippen molar-refractivity contribution in [2.75, 3.05) is 31.1 Å². The third-order valence-electron chi connectivity index (χ3n) is 2.81. The van der Waals surface area contributed by atoms with E-state index in [1.165, 1.54) is 5.56 Å². The lowest BCUT2D eigenvalue weighted by Gasteiger charge is -2.30. The maximum atomic E-state index is 5.88. The van der Waals surface area contributed by atoms with Crippen molar-refractivity contribution in [3.8, 4) is 0 Å². The monoisotopic (exact) mass is 240 g/mol. The fourth-order valence-corrected chi connectivity index (χ4v) is 2.03. The summed E-state index contributed by atoms with van der Waals surface area (Å²) in [6.45, 7) is 8.26. The van der Waals surface area contributed by atoms with Gasteiger partial charge in [-0.1, -0.05) is 13.8 Å². The molecule has 1 aromatic rings.